The minimum atomic E-state index is -4.43. The Morgan fingerprint density at radius 1 is 1.08 bits per heavy atom. The molecule has 1 saturated carbocycles. The molecule has 1 aliphatic rings. The number of alkyl halides is 3. The fourth-order valence-electron chi connectivity index (χ4n) is 2.67. The lowest BCUT2D eigenvalue weighted by atomic mass is 9.87. The van der Waals surface area contributed by atoms with Crippen molar-refractivity contribution in [2.45, 2.75) is 44.9 Å². The van der Waals surface area contributed by atoms with Gasteiger partial charge >= 0.3 is 18.1 Å². The molecule has 7 heteroatoms. The Bertz CT molecular complexity index is 627. The number of hydrogen-bond donors (Lipinski definition) is 0. The summed E-state index contributed by atoms with van der Waals surface area (Å²) in [5, 5.41) is 0. The van der Waals surface area contributed by atoms with E-state index in [9.17, 15) is 22.8 Å². The van der Waals surface area contributed by atoms with E-state index < -0.39 is 23.7 Å². The van der Waals surface area contributed by atoms with Gasteiger partial charge in [-0.2, -0.15) is 13.2 Å². The molecule has 0 N–H and O–H groups in total. The van der Waals surface area contributed by atoms with Gasteiger partial charge in [0.25, 0.3) is 0 Å². The van der Waals surface area contributed by atoms with Crippen LogP contribution in [0.3, 0.4) is 0 Å². The molecule has 0 heterocycles. The highest BCUT2D eigenvalue weighted by molar-refractivity contribution is 5.82. The molecule has 0 aliphatic heterocycles. The summed E-state index contributed by atoms with van der Waals surface area (Å²) in [5.74, 6) is -1.14. The van der Waals surface area contributed by atoms with Crippen molar-refractivity contribution in [2.24, 2.45) is 5.92 Å². The zero-order valence-corrected chi connectivity index (χ0v) is 13.7. The topological polar surface area (TPSA) is 52.6 Å². The monoisotopic (exact) mass is 356 g/mol. The van der Waals surface area contributed by atoms with Crippen LogP contribution < -0.4 is 4.74 Å². The highest BCUT2D eigenvalue weighted by atomic mass is 19.4. The highest BCUT2D eigenvalue weighted by Crippen LogP contribution is 2.31. The first-order valence-electron chi connectivity index (χ1n) is 8.02. The SMILES string of the molecule is C/C=C/C(=O)OC1CCC(C(=O)Oc2ccc(C(F)(F)F)cc2)CC1. The Kier molecular flexibility index (Phi) is 6.22. The molecule has 0 bridgehead atoms. The van der Waals surface area contributed by atoms with Crippen LogP contribution in [0.1, 0.15) is 38.2 Å². The minimum Gasteiger partial charge on any atom is -0.459 e. The molecule has 1 aliphatic carbocycles. The smallest absolute Gasteiger partial charge is 0.416 e. The van der Waals surface area contributed by atoms with E-state index in [1.54, 1.807) is 13.0 Å². The summed E-state index contributed by atoms with van der Waals surface area (Å²) in [4.78, 5) is 23.5. The number of ether oxygens (including phenoxy) is 2. The second-order valence-electron chi connectivity index (χ2n) is 5.85. The molecule has 4 nitrogen and oxygen atoms in total. The maximum Gasteiger partial charge on any atom is 0.416 e. The van der Waals surface area contributed by atoms with Crippen LogP contribution in [-0.2, 0) is 20.5 Å². The third kappa shape index (κ3) is 5.62. The normalized spacial score (nSPS) is 21.1. The quantitative estimate of drug-likeness (QED) is 0.459. The second kappa shape index (κ2) is 8.18. The fraction of sp³-hybridized carbons (Fsp3) is 0.444. The standard InChI is InChI=1S/C18H19F3O4/c1-2-3-16(22)24-14-8-4-12(5-9-14)17(23)25-15-10-6-13(7-11-15)18(19,20)21/h2-3,6-7,10-12,14H,4-5,8-9H2,1H3/b3-2+. The summed E-state index contributed by atoms with van der Waals surface area (Å²) in [6.07, 6.45) is 0.400. The van der Waals surface area contributed by atoms with Crippen molar-refractivity contribution in [3.05, 3.63) is 42.0 Å². The zero-order valence-electron chi connectivity index (χ0n) is 13.7. The van der Waals surface area contributed by atoms with Crippen molar-refractivity contribution < 1.29 is 32.2 Å². The number of esters is 2. The molecule has 1 aromatic carbocycles. The van der Waals surface area contributed by atoms with Crippen LogP contribution in [0.4, 0.5) is 13.2 Å². The zero-order chi connectivity index (χ0) is 18.4. The Morgan fingerprint density at radius 3 is 2.20 bits per heavy atom. The molecule has 0 spiro atoms. The van der Waals surface area contributed by atoms with Gasteiger partial charge in [-0.3, -0.25) is 4.79 Å². The van der Waals surface area contributed by atoms with Crippen molar-refractivity contribution in [3.8, 4) is 5.75 Å². The number of allylic oxidation sites excluding steroid dienone is 1. The minimum absolute atomic E-state index is 0.0830. The molecule has 0 amide bonds. The lowest BCUT2D eigenvalue weighted by molar-refractivity contribution is -0.147. The number of benzene rings is 1. The molecule has 1 fully saturated rings. The predicted molar refractivity (Wildman–Crippen MR) is 83.7 cm³/mol. The molecule has 0 atom stereocenters. The number of rotatable bonds is 4. The molecule has 136 valence electrons. The van der Waals surface area contributed by atoms with E-state index in [2.05, 4.69) is 0 Å². The van der Waals surface area contributed by atoms with Crippen LogP contribution in [0.25, 0.3) is 0 Å². The van der Waals surface area contributed by atoms with Crippen molar-refractivity contribution in [2.75, 3.05) is 0 Å². The van der Waals surface area contributed by atoms with Crippen molar-refractivity contribution in [1.29, 1.82) is 0 Å². The van der Waals surface area contributed by atoms with Crippen LogP contribution in [-0.4, -0.2) is 18.0 Å². The Labute approximate surface area is 143 Å². The van der Waals surface area contributed by atoms with Gasteiger partial charge in [-0.05, 0) is 56.9 Å². The molecule has 1 aromatic rings. The molecule has 0 aromatic heterocycles. The van der Waals surface area contributed by atoms with E-state index in [1.807, 2.05) is 0 Å². The van der Waals surface area contributed by atoms with Gasteiger partial charge in [-0.15, -0.1) is 0 Å². The molecule has 2 rings (SSSR count). The summed E-state index contributed by atoms with van der Waals surface area (Å²) >= 11 is 0. The number of hydrogen-bond acceptors (Lipinski definition) is 4. The average Bonchev–Trinajstić information content (AvgIpc) is 2.55. The summed E-state index contributed by atoms with van der Waals surface area (Å²) in [5.41, 5.74) is -0.796. The Hall–Kier alpha value is -2.31. The number of halogens is 3. The van der Waals surface area contributed by atoms with Crippen LogP contribution in [0.5, 0.6) is 5.75 Å². The van der Waals surface area contributed by atoms with Crippen LogP contribution >= 0.6 is 0 Å². The predicted octanol–water partition coefficient (Wildman–Crippen LogP) is 4.29. The third-order valence-corrected chi connectivity index (χ3v) is 3.99. The van der Waals surface area contributed by atoms with E-state index in [-0.39, 0.29) is 17.8 Å². The number of carbonyl (C=O) groups excluding carboxylic acids is 2. The van der Waals surface area contributed by atoms with Gasteiger partial charge in [0.1, 0.15) is 11.9 Å². The second-order valence-corrected chi connectivity index (χ2v) is 5.85. The van der Waals surface area contributed by atoms with E-state index in [0.717, 1.165) is 24.3 Å². The van der Waals surface area contributed by atoms with E-state index in [1.165, 1.54) is 6.08 Å². The average molecular weight is 356 g/mol. The lowest BCUT2D eigenvalue weighted by Crippen LogP contribution is -2.29. The van der Waals surface area contributed by atoms with E-state index >= 15 is 0 Å². The van der Waals surface area contributed by atoms with Crippen molar-refractivity contribution in [1.82, 2.24) is 0 Å². The van der Waals surface area contributed by atoms with E-state index in [4.69, 9.17) is 9.47 Å². The first-order chi connectivity index (χ1) is 11.8. The molecular weight excluding hydrogens is 337 g/mol. The molecule has 25 heavy (non-hydrogen) atoms. The summed E-state index contributed by atoms with van der Waals surface area (Å²) in [6.45, 7) is 1.72. The molecule has 0 saturated heterocycles. The van der Waals surface area contributed by atoms with Crippen molar-refractivity contribution >= 4 is 11.9 Å². The maximum atomic E-state index is 12.5. The fourth-order valence-corrected chi connectivity index (χ4v) is 2.67. The molecular formula is C18H19F3O4. The highest BCUT2D eigenvalue weighted by Gasteiger charge is 2.31. The summed E-state index contributed by atoms with van der Waals surface area (Å²) in [7, 11) is 0. The third-order valence-electron chi connectivity index (χ3n) is 3.99. The van der Waals surface area contributed by atoms with E-state index in [0.29, 0.717) is 25.7 Å². The van der Waals surface area contributed by atoms with Crippen LogP contribution in [0.2, 0.25) is 0 Å². The van der Waals surface area contributed by atoms with Gasteiger partial charge in [-0.25, -0.2) is 4.79 Å². The number of carbonyl (C=O) groups is 2. The molecule has 0 radical (unpaired) electrons. The van der Waals surface area contributed by atoms with Crippen molar-refractivity contribution in [3.63, 3.8) is 0 Å². The van der Waals surface area contributed by atoms with Gasteiger partial charge in [0, 0.05) is 6.08 Å². The van der Waals surface area contributed by atoms with Gasteiger partial charge in [0.2, 0.25) is 0 Å². The maximum absolute atomic E-state index is 12.5. The van der Waals surface area contributed by atoms with Gasteiger partial charge in [0.05, 0.1) is 11.5 Å². The summed E-state index contributed by atoms with van der Waals surface area (Å²) in [6, 6.07) is 4.01. The van der Waals surface area contributed by atoms with Gasteiger partial charge < -0.3 is 9.47 Å². The molecule has 0 unspecified atom stereocenters. The largest absolute Gasteiger partial charge is 0.459 e. The van der Waals surface area contributed by atoms with Crippen LogP contribution in [0, 0.1) is 5.92 Å². The Balaban J connectivity index is 1.83. The first-order valence-corrected chi connectivity index (χ1v) is 8.02. The first kappa shape index (κ1) is 19.0. The summed E-state index contributed by atoms with van der Waals surface area (Å²) < 4.78 is 47.9. The van der Waals surface area contributed by atoms with Crippen LogP contribution in [0.15, 0.2) is 36.4 Å². The lowest BCUT2D eigenvalue weighted by Gasteiger charge is -2.26. The van der Waals surface area contributed by atoms with Gasteiger partial charge in [-0.1, -0.05) is 6.08 Å². The van der Waals surface area contributed by atoms with Gasteiger partial charge in [0.15, 0.2) is 0 Å². The Morgan fingerprint density at radius 2 is 1.68 bits per heavy atom.